The first-order valence-corrected chi connectivity index (χ1v) is 8.21. The standard InChI is InChI=1S/C20H20N2O3/c1-2-24-18-7-5-15(6-8-18)11-20(23)22-13-16-10-17(14-21-12-16)19-4-3-9-25-19/h3-10,12,14H,2,11,13H2,1H3,(H,22,23). The van der Waals surface area contributed by atoms with E-state index in [0.717, 1.165) is 28.2 Å². The molecular weight excluding hydrogens is 316 g/mol. The van der Waals surface area contributed by atoms with E-state index in [1.54, 1.807) is 18.7 Å². The number of ether oxygens (including phenoxy) is 1. The molecule has 1 N–H and O–H groups in total. The molecule has 1 amide bonds. The van der Waals surface area contributed by atoms with Gasteiger partial charge in [-0.15, -0.1) is 0 Å². The Kier molecular flexibility index (Phi) is 5.46. The molecule has 0 aliphatic rings. The number of hydrogen-bond donors (Lipinski definition) is 1. The number of carbonyl (C=O) groups excluding carboxylic acids is 1. The number of amides is 1. The van der Waals surface area contributed by atoms with E-state index in [-0.39, 0.29) is 5.91 Å². The van der Waals surface area contributed by atoms with E-state index in [1.165, 1.54) is 0 Å². The Bertz CT molecular complexity index is 811. The van der Waals surface area contributed by atoms with Gasteiger partial charge < -0.3 is 14.5 Å². The molecule has 0 aliphatic heterocycles. The summed E-state index contributed by atoms with van der Waals surface area (Å²) in [4.78, 5) is 16.3. The third-order valence-corrected chi connectivity index (χ3v) is 3.69. The van der Waals surface area contributed by atoms with Crippen LogP contribution in [0.15, 0.2) is 65.5 Å². The van der Waals surface area contributed by atoms with Gasteiger partial charge in [-0.05, 0) is 48.4 Å². The second-order valence-electron chi connectivity index (χ2n) is 5.59. The van der Waals surface area contributed by atoms with Crippen LogP contribution in [0, 0.1) is 0 Å². The van der Waals surface area contributed by atoms with Gasteiger partial charge in [-0.2, -0.15) is 0 Å². The topological polar surface area (TPSA) is 64.4 Å². The highest BCUT2D eigenvalue weighted by atomic mass is 16.5. The molecule has 5 nitrogen and oxygen atoms in total. The SMILES string of the molecule is CCOc1ccc(CC(=O)NCc2cncc(-c3ccco3)c2)cc1. The van der Waals surface area contributed by atoms with E-state index in [0.29, 0.717) is 19.6 Å². The van der Waals surface area contributed by atoms with E-state index in [1.807, 2.05) is 49.4 Å². The first-order chi connectivity index (χ1) is 12.2. The number of aromatic nitrogens is 1. The second kappa shape index (κ2) is 8.15. The van der Waals surface area contributed by atoms with Crippen molar-refractivity contribution in [1.82, 2.24) is 10.3 Å². The average molecular weight is 336 g/mol. The summed E-state index contributed by atoms with van der Waals surface area (Å²) in [5.41, 5.74) is 2.76. The number of benzene rings is 1. The summed E-state index contributed by atoms with van der Waals surface area (Å²) >= 11 is 0. The molecule has 3 rings (SSSR count). The van der Waals surface area contributed by atoms with E-state index >= 15 is 0 Å². The zero-order chi connectivity index (χ0) is 17.5. The minimum absolute atomic E-state index is 0.0347. The van der Waals surface area contributed by atoms with Crippen LogP contribution in [-0.2, 0) is 17.8 Å². The Balaban J connectivity index is 1.54. The molecule has 0 aliphatic carbocycles. The normalized spacial score (nSPS) is 10.4. The molecule has 0 fully saturated rings. The Labute approximate surface area is 146 Å². The van der Waals surface area contributed by atoms with Crippen LogP contribution in [0.2, 0.25) is 0 Å². The van der Waals surface area contributed by atoms with Gasteiger partial charge >= 0.3 is 0 Å². The monoisotopic (exact) mass is 336 g/mol. The molecule has 0 spiro atoms. The zero-order valence-corrected chi connectivity index (χ0v) is 14.1. The molecule has 0 saturated carbocycles. The third kappa shape index (κ3) is 4.70. The van der Waals surface area contributed by atoms with Gasteiger partial charge in [0.1, 0.15) is 11.5 Å². The summed E-state index contributed by atoms with van der Waals surface area (Å²) in [6.07, 6.45) is 5.44. The van der Waals surface area contributed by atoms with Crippen LogP contribution < -0.4 is 10.1 Å². The van der Waals surface area contributed by atoms with Crippen LogP contribution in [0.3, 0.4) is 0 Å². The Hall–Kier alpha value is -3.08. The molecule has 2 heterocycles. The smallest absolute Gasteiger partial charge is 0.224 e. The van der Waals surface area contributed by atoms with Crippen molar-refractivity contribution in [3.8, 4) is 17.1 Å². The summed E-state index contributed by atoms with van der Waals surface area (Å²) in [5.74, 6) is 1.54. The molecule has 128 valence electrons. The molecule has 0 atom stereocenters. The predicted molar refractivity (Wildman–Crippen MR) is 95.1 cm³/mol. The fourth-order valence-corrected chi connectivity index (χ4v) is 2.48. The molecule has 0 radical (unpaired) electrons. The largest absolute Gasteiger partial charge is 0.494 e. The highest BCUT2D eigenvalue weighted by molar-refractivity contribution is 5.78. The Morgan fingerprint density at radius 1 is 1.16 bits per heavy atom. The fraction of sp³-hybridized carbons (Fsp3) is 0.200. The van der Waals surface area contributed by atoms with Gasteiger partial charge in [0.2, 0.25) is 5.91 Å². The van der Waals surface area contributed by atoms with Crippen molar-refractivity contribution in [2.24, 2.45) is 0 Å². The van der Waals surface area contributed by atoms with Crippen molar-refractivity contribution in [3.63, 3.8) is 0 Å². The number of hydrogen-bond acceptors (Lipinski definition) is 4. The molecule has 3 aromatic rings. The zero-order valence-electron chi connectivity index (χ0n) is 14.1. The van der Waals surface area contributed by atoms with Crippen LogP contribution in [0.4, 0.5) is 0 Å². The van der Waals surface area contributed by atoms with Crippen LogP contribution in [-0.4, -0.2) is 17.5 Å². The summed E-state index contributed by atoms with van der Waals surface area (Å²) in [6.45, 7) is 3.00. The fourth-order valence-electron chi connectivity index (χ4n) is 2.48. The van der Waals surface area contributed by atoms with Gasteiger partial charge in [0, 0.05) is 24.5 Å². The third-order valence-electron chi connectivity index (χ3n) is 3.69. The van der Waals surface area contributed by atoms with Crippen LogP contribution in [0.25, 0.3) is 11.3 Å². The minimum atomic E-state index is -0.0347. The number of nitrogens with zero attached hydrogens (tertiary/aromatic N) is 1. The molecular formula is C20H20N2O3. The second-order valence-corrected chi connectivity index (χ2v) is 5.59. The number of pyridine rings is 1. The Morgan fingerprint density at radius 3 is 2.72 bits per heavy atom. The number of furan rings is 1. The van der Waals surface area contributed by atoms with Crippen molar-refractivity contribution < 1.29 is 13.9 Å². The highest BCUT2D eigenvalue weighted by Gasteiger charge is 2.06. The molecule has 2 aromatic heterocycles. The lowest BCUT2D eigenvalue weighted by Crippen LogP contribution is -2.24. The van der Waals surface area contributed by atoms with Crippen LogP contribution in [0.1, 0.15) is 18.1 Å². The molecule has 0 bridgehead atoms. The van der Waals surface area contributed by atoms with E-state index < -0.39 is 0 Å². The maximum absolute atomic E-state index is 12.1. The molecule has 5 heteroatoms. The van der Waals surface area contributed by atoms with Crippen molar-refractivity contribution >= 4 is 5.91 Å². The number of nitrogens with one attached hydrogen (secondary N) is 1. The van der Waals surface area contributed by atoms with Gasteiger partial charge in [-0.25, -0.2) is 0 Å². The maximum atomic E-state index is 12.1. The van der Waals surface area contributed by atoms with E-state index in [9.17, 15) is 4.79 Å². The van der Waals surface area contributed by atoms with Gasteiger partial charge in [0.25, 0.3) is 0 Å². The highest BCUT2D eigenvalue weighted by Crippen LogP contribution is 2.19. The minimum Gasteiger partial charge on any atom is -0.494 e. The van der Waals surface area contributed by atoms with Crippen molar-refractivity contribution in [3.05, 3.63) is 72.2 Å². The van der Waals surface area contributed by atoms with Gasteiger partial charge in [0.15, 0.2) is 0 Å². The molecule has 0 saturated heterocycles. The number of carbonyl (C=O) groups is 1. The first kappa shape index (κ1) is 16.8. The summed E-state index contributed by atoms with van der Waals surface area (Å²) < 4.78 is 10.8. The predicted octanol–water partition coefficient (Wildman–Crippen LogP) is 3.60. The Morgan fingerprint density at radius 2 is 2.00 bits per heavy atom. The molecule has 0 unspecified atom stereocenters. The molecule has 1 aromatic carbocycles. The number of rotatable bonds is 7. The van der Waals surface area contributed by atoms with Crippen molar-refractivity contribution in [2.45, 2.75) is 19.9 Å². The summed E-state index contributed by atoms with van der Waals surface area (Å²) in [5, 5.41) is 2.92. The van der Waals surface area contributed by atoms with Crippen molar-refractivity contribution in [1.29, 1.82) is 0 Å². The van der Waals surface area contributed by atoms with Crippen LogP contribution >= 0.6 is 0 Å². The maximum Gasteiger partial charge on any atom is 0.224 e. The van der Waals surface area contributed by atoms with Gasteiger partial charge in [-0.3, -0.25) is 9.78 Å². The molecule has 25 heavy (non-hydrogen) atoms. The van der Waals surface area contributed by atoms with Gasteiger partial charge in [-0.1, -0.05) is 12.1 Å². The summed E-state index contributed by atoms with van der Waals surface area (Å²) in [6, 6.07) is 13.2. The average Bonchev–Trinajstić information content (AvgIpc) is 3.17. The lowest BCUT2D eigenvalue weighted by Gasteiger charge is -2.07. The van der Waals surface area contributed by atoms with E-state index in [4.69, 9.17) is 9.15 Å². The summed E-state index contributed by atoms with van der Waals surface area (Å²) in [7, 11) is 0. The quantitative estimate of drug-likeness (QED) is 0.716. The van der Waals surface area contributed by atoms with E-state index in [2.05, 4.69) is 10.3 Å². The van der Waals surface area contributed by atoms with Crippen LogP contribution in [0.5, 0.6) is 5.75 Å². The van der Waals surface area contributed by atoms with Gasteiger partial charge in [0.05, 0.1) is 19.3 Å². The lowest BCUT2D eigenvalue weighted by atomic mass is 10.1. The van der Waals surface area contributed by atoms with Crippen molar-refractivity contribution in [2.75, 3.05) is 6.61 Å². The lowest BCUT2D eigenvalue weighted by molar-refractivity contribution is -0.120. The first-order valence-electron chi connectivity index (χ1n) is 8.21.